The fourth-order valence-electron chi connectivity index (χ4n) is 3.36. The molecule has 0 bridgehead atoms. The molecular weight excluding hydrogens is 342 g/mol. The van der Waals surface area contributed by atoms with Gasteiger partial charge in [-0.1, -0.05) is 0 Å². The van der Waals surface area contributed by atoms with Gasteiger partial charge in [0.25, 0.3) is 0 Å². The molecule has 1 aromatic rings. The summed E-state index contributed by atoms with van der Waals surface area (Å²) in [6.45, 7) is -1.09. The summed E-state index contributed by atoms with van der Waals surface area (Å²) in [5.74, 6) is -1.40. The molecule has 2 heterocycles. The largest absolute Gasteiger partial charge is 0.406 e. The van der Waals surface area contributed by atoms with Crippen LogP contribution in [0.1, 0.15) is 12.8 Å². The summed E-state index contributed by atoms with van der Waals surface area (Å²) in [5, 5.41) is 0. The number of hydrogen-bond donors (Lipinski definition) is 0. The maximum atomic E-state index is 13.6. The van der Waals surface area contributed by atoms with Crippen LogP contribution < -0.4 is 9.80 Å². The fourth-order valence-corrected chi connectivity index (χ4v) is 3.36. The van der Waals surface area contributed by atoms with Gasteiger partial charge in [0.05, 0.1) is 11.4 Å². The van der Waals surface area contributed by atoms with E-state index < -0.39 is 30.5 Å². The van der Waals surface area contributed by atoms with Crippen molar-refractivity contribution in [1.82, 2.24) is 4.90 Å². The second kappa shape index (κ2) is 6.20. The molecule has 0 saturated carbocycles. The molecule has 136 valence electrons. The summed E-state index contributed by atoms with van der Waals surface area (Å²) >= 11 is 0. The maximum absolute atomic E-state index is 13.6. The number of benzene rings is 1. The Balaban J connectivity index is 1.91. The van der Waals surface area contributed by atoms with Crippen LogP contribution in [0.2, 0.25) is 0 Å². The van der Waals surface area contributed by atoms with Crippen molar-refractivity contribution in [3.05, 3.63) is 24.0 Å². The quantitative estimate of drug-likeness (QED) is 0.760. The van der Waals surface area contributed by atoms with Crippen LogP contribution in [0.25, 0.3) is 0 Å². The number of anilines is 2. The molecule has 0 spiro atoms. The minimum Gasteiger partial charge on any atom is -0.357 e. The number of alkyl halides is 3. The number of fused-ring (bicyclic) bond motifs is 1. The number of nitrogens with zero attached hydrogens (tertiary/aromatic N) is 3. The van der Waals surface area contributed by atoms with Crippen molar-refractivity contribution < 1.29 is 27.2 Å². The van der Waals surface area contributed by atoms with Gasteiger partial charge in [-0.15, -0.1) is 0 Å². The molecule has 9 heteroatoms. The summed E-state index contributed by atoms with van der Waals surface area (Å²) in [6.07, 6.45) is -4.14. The third-order valence-corrected chi connectivity index (χ3v) is 4.56. The summed E-state index contributed by atoms with van der Waals surface area (Å²) in [6, 6.07) is 3.08. The van der Waals surface area contributed by atoms with Crippen molar-refractivity contribution in [2.45, 2.75) is 25.1 Å². The first-order valence-corrected chi connectivity index (χ1v) is 7.85. The molecule has 2 aliphatic heterocycles. The third kappa shape index (κ3) is 3.40. The van der Waals surface area contributed by atoms with Crippen molar-refractivity contribution in [3.63, 3.8) is 0 Å². The predicted octanol–water partition coefficient (Wildman–Crippen LogP) is 2.16. The van der Waals surface area contributed by atoms with Crippen LogP contribution in [0, 0.1) is 5.82 Å². The SMILES string of the molecule is CN1C(=O)CCN(C2CCN(CC(F)(F)F)C2=O)c2ccc(F)cc21. The molecule has 0 radical (unpaired) electrons. The molecule has 1 aromatic carbocycles. The first kappa shape index (κ1) is 17.5. The molecule has 2 aliphatic rings. The van der Waals surface area contributed by atoms with Gasteiger partial charge in [-0.3, -0.25) is 9.59 Å². The molecule has 2 amide bonds. The van der Waals surface area contributed by atoms with E-state index in [1.54, 1.807) is 4.90 Å². The van der Waals surface area contributed by atoms with Crippen molar-refractivity contribution in [2.75, 3.05) is 36.5 Å². The smallest absolute Gasteiger partial charge is 0.357 e. The molecule has 3 rings (SSSR count). The van der Waals surface area contributed by atoms with Crippen LogP contribution in [0.3, 0.4) is 0 Å². The number of hydrogen-bond acceptors (Lipinski definition) is 3. The van der Waals surface area contributed by atoms with E-state index >= 15 is 0 Å². The van der Waals surface area contributed by atoms with E-state index in [0.717, 1.165) is 4.90 Å². The number of carbonyl (C=O) groups is 2. The lowest BCUT2D eigenvalue weighted by Crippen LogP contribution is -2.44. The molecule has 1 fully saturated rings. The van der Waals surface area contributed by atoms with Crippen LogP contribution in [-0.2, 0) is 9.59 Å². The number of amides is 2. The summed E-state index contributed by atoms with van der Waals surface area (Å²) in [4.78, 5) is 28.3. The Morgan fingerprint density at radius 3 is 2.56 bits per heavy atom. The Labute approximate surface area is 141 Å². The van der Waals surface area contributed by atoms with Crippen LogP contribution in [-0.4, -0.2) is 55.6 Å². The van der Waals surface area contributed by atoms with E-state index in [4.69, 9.17) is 0 Å². The minimum atomic E-state index is -4.46. The predicted molar refractivity (Wildman–Crippen MR) is 82.8 cm³/mol. The van der Waals surface area contributed by atoms with E-state index in [1.165, 1.54) is 30.1 Å². The Hall–Kier alpha value is -2.32. The first-order valence-electron chi connectivity index (χ1n) is 7.85. The highest BCUT2D eigenvalue weighted by Gasteiger charge is 2.42. The minimum absolute atomic E-state index is 0.000175. The molecule has 1 saturated heterocycles. The average molecular weight is 359 g/mol. The monoisotopic (exact) mass is 359 g/mol. The zero-order valence-electron chi connectivity index (χ0n) is 13.5. The number of likely N-dealkylation sites (tertiary alicyclic amines) is 1. The van der Waals surface area contributed by atoms with Crippen molar-refractivity contribution in [2.24, 2.45) is 0 Å². The number of halogens is 4. The van der Waals surface area contributed by atoms with E-state index in [2.05, 4.69) is 0 Å². The van der Waals surface area contributed by atoms with Gasteiger partial charge < -0.3 is 14.7 Å². The molecule has 0 aliphatic carbocycles. The highest BCUT2D eigenvalue weighted by molar-refractivity contribution is 5.99. The van der Waals surface area contributed by atoms with Crippen LogP contribution in [0.5, 0.6) is 0 Å². The second-order valence-electron chi connectivity index (χ2n) is 6.21. The van der Waals surface area contributed by atoms with Crippen molar-refractivity contribution >= 4 is 23.2 Å². The summed E-state index contributed by atoms with van der Waals surface area (Å²) in [7, 11) is 1.51. The van der Waals surface area contributed by atoms with E-state index in [0.29, 0.717) is 11.4 Å². The van der Waals surface area contributed by atoms with E-state index in [-0.39, 0.29) is 31.8 Å². The molecule has 5 nitrogen and oxygen atoms in total. The molecule has 0 aromatic heterocycles. The van der Waals surface area contributed by atoms with E-state index in [1.807, 2.05) is 0 Å². The Morgan fingerprint density at radius 1 is 1.16 bits per heavy atom. The first-order chi connectivity index (χ1) is 11.7. The highest BCUT2D eigenvalue weighted by atomic mass is 19.4. The zero-order valence-corrected chi connectivity index (χ0v) is 13.5. The molecule has 1 atom stereocenters. The molecule has 25 heavy (non-hydrogen) atoms. The molecule has 0 N–H and O–H groups in total. The summed E-state index contributed by atoms with van der Waals surface area (Å²) < 4.78 is 51.4. The van der Waals surface area contributed by atoms with Crippen LogP contribution in [0.4, 0.5) is 28.9 Å². The van der Waals surface area contributed by atoms with Gasteiger partial charge in [0, 0.05) is 26.6 Å². The van der Waals surface area contributed by atoms with Gasteiger partial charge in [-0.05, 0) is 24.6 Å². The standard InChI is InChI=1S/C16H17F4N3O2/c1-21-13-8-10(17)2-3-11(13)23(7-5-14(21)24)12-4-6-22(15(12)25)9-16(18,19)20/h2-3,8,12H,4-7,9H2,1H3. The Bertz CT molecular complexity index is 707. The number of rotatable bonds is 2. The lowest BCUT2D eigenvalue weighted by molar-refractivity contribution is -0.157. The third-order valence-electron chi connectivity index (χ3n) is 4.56. The second-order valence-corrected chi connectivity index (χ2v) is 6.21. The summed E-state index contributed by atoms with van der Waals surface area (Å²) in [5.41, 5.74) is 0.784. The lowest BCUT2D eigenvalue weighted by Gasteiger charge is -2.30. The maximum Gasteiger partial charge on any atom is 0.406 e. The van der Waals surface area contributed by atoms with Gasteiger partial charge in [0.2, 0.25) is 11.8 Å². The average Bonchev–Trinajstić information content (AvgIpc) is 2.81. The van der Waals surface area contributed by atoms with Crippen molar-refractivity contribution in [3.8, 4) is 0 Å². The number of carbonyl (C=O) groups excluding carboxylic acids is 2. The molecular formula is C16H17F4N3O2. The Kier molecular flexibility index (Phi) is 4.34. The fraction of sp³-hybridized carbons (Fsp3) is 0.500. The van der Waals surface area contributed by atoms with Crippen LogP contribution >= 0.6 is 0 Å². The van der Waals surface area contributed by atoms with E-state index in [9.17, 15) is 27.2 Å². The highest BCUT2D eigenvalue weighted by Crippen LogP contribution is 2.36. The van der Waals surface area contributed by atoms with Crippen LogP contribution in [0.15, 0.2) is 18.2 Å². The zero-order chi connectivity index (χ0) is 18.4. The lowest BCUT2D eigenvalue weighted by atomic mass is 10.1. The van der Waals surface area contributed by atoms with Gasteiger partial charge in [-0.2, -0.15) is 13.2 Å². The Morgan fingerprint density at radius 2 is 1.88 bits per heavy atom. The van der Waals surface area contributed by atoms with Gasteiger partial charge in [-0.25, -0.2) is 4.39 Å². The van der Waals surface area contributed by atoms with Gasteiger partial charge in [0.15, 0.2) is 0 Å². The topological polar surface area (TPSA) is 43.9 Å². The normalized spacial score (nSPS) is 21.6. The van der Waals surface area contributed by atoms with Crippen molar-refractivity contribution in [1.29, 1.82) is 0 Å². The van der Waals surface area contributed by atoms with Gasteiger partial charge in [0.1, 0.15) is 18.4 Å². The van der Waals surface area contributed by atoms with Gasteiger partial charge >= 0.3 is 6.18 Å². The molecule has 1 unspecified atom stereocenters.